The molecular weight excluding hydrogens is 424 g/mol. The average molecular weight is 437 g/mol. The lowest BCUT2D eigenvalue weighted by Crippen LogP contribution is -2.27. The van der Waals surface area contributed by atoms with Gasteiger partial charge in [-0.2, -0.15) is 0 Å². The Morgan fingerprint density at radius 2 is 2.04 bits per heavy atom. The third kappa shape index (κ3) is 4.39. The number of nitro groups is 1. The Labute approximate surface area is 173 Å². The molecule has 2 amide bonds. The fourth-order valence-corrected chi connectivity index (χ4v) is 4.28. The maximum absolute atomic E-state index is 12.7. The van der Waals surface area contributed by atoms with Crippen LogP contribution in [0.25, 0.3) is 6.08 Å². The Balaban J connectivity index is 1.91. The predicted molar refractivity (Wildman–Crippen MR) is 111 cm³/mol. The second-order valence-electron chi connectivity index (χ2n) is 5.55. The minimum absolute atomic E-state index is 0.0970. The summed E-state index contributed by atoms with van der Waals surface area (Å²) >= 11 is 7.86. The van der Waals surface area contributed by atoms with Gasteiger partial charge in [0.1, 0.15) is 0 Å². The summed E-state index contributed by atoms with van der Waals surface area (Å²) in [6.07, 6.45) is 1.45. The van der Waals surface area contributed by atoms with Crippen molar-refractivity contribution >= 4 is 63.7 Å². The van der Waals surface area contributed by atoms with Crippen LogP contribution >= 0.6 is 35.1 Å². The molecule has 28 heavy (non-hydrogen) atoms. The molecule has 2 aromatic rings. The molecule has 1 fully saturated rings. The van der Waals surface area contributed by atoms with Gasteiger partial charge in [0, 0.05) is 16.8 Å². The van der Waals surface area contributed by atoms with Crippen molar-refractivity contribution < 1.29 is 19.6 Å². The van der Waals surface area contributed by atoms with Gasteiger partial charge in [-0.3, -0.25) is 19.7 Å². The first-order valence-corrected chi connectivity index (χ1v) is 10.1. The standard InChI is InChI=1S/C18H13ClN2O5S2/c19-12-2-1-3-13(10-12)20-17(23)16(28-18(20)24)9-11-4-5-15(27-7-6-22)14(8-11)21(25)26/h1-5,8-10,22H,6-7H2. The summed E-state index contributed by atoms with van der Waals surface area (Å²) in [4.78, 5) is 37.4. The molecule has 1 N–H and O–H groups in total. The molecule has 144 valence electrons. The Morgan fingerprint density at radius 1 is 1.25 bits per heavy atom. The highest BCUT2D eigenvalue weighted by atomic mass is 35.5. The molecule has 0 atom stereocenters. The number of halogens is 1. The topological polar surface area (TPSA) is 101 Å². The van der Waals surface area contributed by atoms with E-state index in [-0.39, 0.29) is 17.2 Å². The number of nitro benzene ring substituents is 1. The van der Waals surface area contributed by atoms with Crippen LogP contribution in [0.15, 0.2) is 52.3 Å². The molecule has 3 rings (SSSR count). The summed E-state index contributed by atoms with van der Waals surface area (Å²) in [7, 11) is 0. The van der Waals surface area contributed by atoms with E-state index in [1.165, 1.54) is 30.0 Å². The maximum Gasteiger partial charge on any atom is 0.298 e. The number of carbonyl (C=O) groups excluding carboxylic acids is 2. The van der Waals surface area contributed by atoms with Crippen molar-refractivity contribution in [3.63, 3.8) is 0 Å². The van der Waals surface area contributed by atoms with Crippen LogP contribution in [-0.2, 0) is 4.79 Å². The first-order valence-electron chi connectivity index (χ1n) is 7.96. The monoisotopic (exact) mass is 436 g/mol. The number of hydrogen-bond donors (Lipinski definition) is 1. The third-order valence-corrected chi connectivity index (χ3v) is 5.83. The number of carbonyl (C=O) groups is 2. The second kappa shape index (κ2) is 8.78. The van der Waals surface area contributed by atoms with E-state index < -0.39 is 16.1 Å². The number of imide groups is 1. The summed E-state index contributed by atoms with van der Waals surface area (Å²) in [6.45, 7) is -0.0970. The number of nitrogens with zero attached hydrogens (tertiary/aromatic N) is 2. The first kappa shape index (κ1) is 20.4. The molecule has 2 aromatic carbocycles. The molecule has 0 unspecified atom stereocenters. The van der Waals surface area contributed by atoms with Crippen molar-refractivity contribution in [3.8, 4) is 0 Å². The number of benzene rings is 2. The molecule has 0 bridgehead atoms. The van der Waals surface area contributed by atoms with Crippen LogP contribution in [-0.4, -0.2) is 33.5 Å². The van der Waals surface area contributed by atoms with Gasteiger partial charge in [0.05, 0.1) is 27.0 Å². The normalized spacial score (nSPS) is 15.5. The highest BCUT2D eigenvalue weighted by Crippen LogP contribution is 2.37. The van der Waals surface area contributed by atoms with Crippen LogP contribution in [0.1, 0.15) is 5.56 Å². The van der Waals surface area contributed by atoms with Gasteiger partial charge < -0.3 is 5.11 Å². The Kier molecular flexibility index (Phi) is 6.40. The van der Waals surface area contributed by atoms with Crippen LogP contribution in [0.5, 0.6) is 0 Å². The Bertz CT molecular complexity index is 996. The molecule has 1 aliphatic rings. The molecule has 10 heteroatoms. The summed E-state index contributed by atoms with van der Waals surface area (Å²) in [5.74, 6) is -0.183. The van der Waals surface area contributed by atoms with E-state index in [2.05, 4.69) is 0 Å². The molecule has 7 nitrogen and oxygen atoms in total. The molecule has 1 aliphatic heterocycles. The number of aliphatic hydroxyl groups is 1. The SMILES string of the molecule is O=C1SC(=Cc2ccc(SCCO)c([N+](=O)[O-])c2)C(=O)N1c1cccc(Cl)c1. The van der Waals surface area contributed by atoms with Crippen molar-refractivity contribution in [2.24, 2.45) is 0 Å². The maximum atomic E-state index is 12.7. The van der Waals surface area contributed by atoms with Gasteiger partial charge in [0.25, 0.3) is 16.8 Å². The van der Waals surface area contributed by atoms with E-state index in [0.29, 0.717) is 26.9 Å². The summed E-state index contributed by atoms with van der Waals surface area (Å²) in [5, 5.41) is 20.2. The fraction of sp³-hybridized carbons (Fsp3) is 0.111. The van der Waals surface area contributed by atoms with Gasteiger partial charge in [-0.15, -0.1) is 11.8 Å². The second-order valence-corrected chi connectivity index (χ2v) is 8.12. The van der Waals surface area contributed by atoms with E-state index in [9.17, 15) is 19.7 Å². The van der Waals surface area contributed by atoms with Gasteiger partial charge in [-0.25, -0.2) is 4.90 Å². The van der Waals surface area contributed by atoms with Crippen LogP contribution < -0.4 is 4.90 Å². The van der Waals surface area contributed by atoms with Crippen LogP contribution in [0.4, 0.5) is 16.2 Å². The van der Waals surface area contributed by atoms with Crippen molar-refractivity contribution in [2.45, 2.75) is 4.90 Å². The molecule has 0 aliphatic carbocycles. The first-order chi connectivity index (χ1) is 13.4. The molecule has 0 aromatic heterocycles. The average Bonchev–Trinajstić information content (AvgIpc) is 2.93. The third-order valence-electron chi connectivity index (χ3n) is 3.69. The zero-order chi connectivity index (χ0) is 20.3. The summed E-state index contributed by atoms with van der Waals surface area (Å²) in [6, 6.07) is 10.9. The van der Waals surface area contributed by atoms with Crippen LogP contribution in [0, 0.1) is 10.1 Å². The van der Waals surface area contributed by atoms with Gasteiger partial charge >= 0.3 is 0 Å². The minimum atomic E-state index is -0.519. The highest BCUT2D eigenvalue weighted by molar-refractivity contribution is 8.19. The van der Waals surface area contributed by atoms with Gasteiger partial charge in [-0.1, -0.05) is 23.7 Å². The lowest BCUT2D eigenvalue weighted by Gasteiger charge is -2.12. The largest absolute Gasteiger partial charge is 0.396 e. The number of amides is 2. The van der Waals surface area contributed by atoms with Crippen molar-refractivity contribution in [2.75, 3.05) is 17.3 Å². The molecule has 0 radical (unpaired) electrons. The number of rotatable bonds is 6. The van der Waals surface area contributed by atoms with Gasteiger partial charge in [0.15, 0.2) is 0 Å². The molecule has 1 saturated heterocycles. The van der Waals surface area contributed by atoms with E-state index in [0.717, 1.165) is 16.7 Å². The van der Waals surface area contributed by atoms with E-state index in [1.807, 2.05) is 0 Å². The lowest BCUT2D eigenvalue weighted by atomic mass is 10.2. The summed E-state index contributed by atoms with van der Waals surface area (Å²) in [5.41, 5.74) is 0.665. The minimum Gasteiger partial charge on any atom is -0.396 e. The number of thioether (sulfide) groups is 2. The Hall–Kier alpha value is -2.33. The van der Waals surface area contributed by atoms with Crippen LogP contribution in [0.2, 0.25) is 5.02 Å². The molecule has 0 saturated carbocycles. The quantitative estimate of drug-likeness (QED) is 0.306. The highest BCUT2D eigenvalue weighted by Gasteiger charge is 2.36. The predicted octanol–water partition coefficient (Wildman–Crippen LogP) is 4.57. The number of anilines is 1. The molecule has 0 spiro atoms. The van der Waals surface area contributed by atoms with Gasteiger partial charge in [-0.05, 0) is 47.7 Å². The van der Waals surface area contributed by atoms with E-state index in [4.69, 9.17) is 16.7 Å². The van der Waals surface area contributed by atoms with Gasteiger partial charge in [0.2, 0.25) is 0 Å². The lowest BCUT2D eigenvalue weighted by molar-refractivity contribution is -0.387. The smallest absolute Gasteiger partial charge is 0.298 e. The van der Waals surface area contributed by atoms with Crippen molar-refractivity contribution in [1.82, 2.24) is 0 Å². The van der Waals surface area contributed by atoms with Crippen LogP contribution in [0.3, 0.4) is 0 Å². The fourth-order valence-electron chi connectivity index (χ4n) is 2.50. The Morgan fingerprint density at radius 3 is 2.71 bits per heavy atom. The van der Waals surface area contributed by atoms with Crippen molar-refractivity contribution in [3.05, 3.63) is 68.1 Å². The van der Waals surface area contributed by atoms with E-state index in [1.54, 1.807) is 30.3 Å². The number of aliphatic hydroxyl groups excluding tert-OH is 1. The molecule has 1 heterocycles. The zero-order valence-corrected chi connectivity index (χ0v) is 16.6. The van der Waals surface area contributed by atoms with E-state index >= 15 is 0 Å². The molecular formula is C18H13ClN2O5S2. The summed E-state index contributed by atoms with van der Waals surface area (Å²) < 4.78 is 0. The number of hydrogen-bond acceptors (Lipinski definition) is 7. The van der Waals surface area contributed by atoms with Crippen molar-refractivity contribution in [1.29, 1.82) is 0 Å². The zero-order valence-electron chi connectivity index (χ0n) is 14.2.